The zero-order valence-electron chi connectivity index (χ0n) is 14.5. The lowest BCUT2D eigenvalue weighted by Crippen LogP contribution is -2.38. The number of nitrogens with zero attached hydrogens (tertiary/aromatic N) is 3. The fraction of sp³-hybridized carbons (Fsp3) is 0.667. The molecule has 0 atom stereocenters. The van der Waals surface area contributed by atoms with Crippen molar-refractivity contribution in [3.05, 3.63) is 23.4 Å². The molecular weight excluding hydrogens is 290 g/mol. The second-order valence-corrected chi connectivity index (χ2v) is 7.44. The third kappa shape index (κ3) is 3.95. The minimum absolute atomic E-state index is 0.218. The van der Waals surface area contributed by atoms with Crippen LogP contribution >= 0.6 is 0 Å². The molecule has 0 spiro atoms. The summed E-state index contributed by atoms with van der Waals surface area (Å²) < 4.78 is 5.49. The number of anilines is 1. The number of pyridine rings is 1. The van der Waals surface area contributed by atoms with Crippen LogP contribution in [-0.4, -0.2) is 47.8 Å². The first kappa shape index (κ1) is 16.1. The summed E-state index contributed by atoms with van der Waals surface area (Å²) in [4.78, 5) is 21.3. The molecule has 0 bridgehead atoms. The summed E-state index contributed by atoms with van der Waals surface area (Å²) in [5.74, 6) is 1.09. The topological polar surface area (TPSA) is 45.7 Å². The van der Waals surface area contributed by atoms with E-state index in [1.54, 1.807) is 0 Å². The summed E-state index contributed by atoms with van der Waals surface area (Å²) in [5, 5.41) is 0. The molecule has 1 saturated heterocycles. The smallest absolute Gasteiger partial charge is 0.410 e. The number of carbonyl (C=O) groups excluding carboxylic acids is 1. The average Bonchev–Trinajstić information content (AvgIpc) is 2.92. The monoisotopic (exact) mass is 317 g/mol. The van der Waals surface area contributed by atoms with Gasteiger partial charge in [-0.3, -0.25) is 0 Å². The van der Waals surface area contributed by atoms with Crippen LogP contribution in [0.15, 0.2) is 12.1 Å². The van der Waals surface area contributed by atoms with E-state index in [2.05, 4.69) is 17.0 Å². The largest absolute Gasteiger partial charge is 0.444 e. The maximum absolute atomic E-state index is 12.3. The minimum atomic E-state index is -0.447. The Kier molecular flexibility index (Phi) is 4.46. The van der Waals surface area contributed by atoms with Crippen molar-refractivity contribution in [1.29, 1.82) is 0 Å². The average molecular weight is 317 g/mol. The van der Waals surface area contributed by atoms with Crippen LogP contribution in [0.2, 0.25) is 0 Å². The van der Waals surface area contributed by atoms with Crippen LogP contribution in [-0.2, 0) is 17.6 Å². The Labute approximate surface area is 138 Å². The molecule has 1 amide bonds. The normalized spacial score (nSPS) is 18.6. The van der Waals surface area contributed by atoms with Crippen molar-refractivity contribution in [3.8, 4) is 0 Å². The van der Waals surface area contributed by atoms with Gasteiger partial charge >= 0.3 is 6.09 Å². The van der Waals surface area contributed by atoms with E-state index in [-0.39, 0.29) is 6.09 Å². The number of rotatable bonds is 1. The molecule has 5 nitrogen and oxygen atoms in total. The van der Waals surface area contributed by atoms with Gasteiger partial charge < -0.3 is 14.5 Å². The number of amides is 1. The third-order valence-electron chi connectivity index (χ3n) is 4.41. The van der Waals surface area contributed by atoms with Gasteiger partial charge in [-0.25, -0.2) is 9.78 Å². The Morgan fingerprint density at radius 3 is 2.48 bits per heavy atom. The molecule has 5 heteroatoms. The highest BCUT2D eigenvalue weighted by molar-refractivity contribution is 5.68. The van der Waals surface area contributed by atoms with E-state index >= 15 is 0 Å². The molecule has 0 saturated carbocycles. The van der Waals surface area contributed by atoms with Gasteiger partial charge in [0.1, 0.15) is 11.4 Å². The van der Waals surface area contributed by atoms with Crippen molar-refractivity contribution >= 4 is 11.9 Å². The summed E-state index contributed by atoms with van der Waals surface area (Å²) in [5.41, 5.74) is 1.96. The highest BCUT2D eigenvalue weighted by Gasteiger charge is 2.25. The molecule has 2 aliphatic heterocycles. The first-order valence-corrected chi connectivity index (χ1v) is 8.64. The molecule has 0 unspecified atom stereocenters. The molecule has 0 N–H and O–H groups in total. The van der Waals surface area contributed by atoms with Gasteiger partial charge in [-0.15, -0.1) is 0 Å². The van der Waals surface area contributed by atoms with E-state index in [0.29, 0.717) is 13.1 Å². The zero-order chi connectivity index (χ0) is 16.4. The van der Waals surface area contributed by atoms with Crippen molar-refractivity contribution in [2.24, 2.45) is 0 Å². The second-order valence-electron chi connectivity index (χ2n) is 7.44. The van der Waals surface area contributed by atoms with Gasteiger partial charge in [-0.2, -0.15) is 0 Å². The summed E-state index contributed by atoms with van der Waals surface area (Å²) in [7, 11) is 0. The molecule has 126 valence electrons. The van der Waals surface area contributed by atoms with Crippen molar-refractivity contribution < 1.29 is 9.53 Å². The SMILES string of the molecule is CC(C)(C)OC(=O)N1CCc2ccc(N3CCCC3)nc2CC1. The van der Waals surface area contributed by atoms with E-state index < -0.39 is 5.60 Å². The second kappa shape index (κ2) is 6.38. The van der Waals surface area contributed by atoms with E-state index in [1.807, 2.05) is 25.7 Å². The quantitative estimate of drug-likeness (QED) is 0.799. The highest BCUT2D eigenvalue weighted by atomic mass is 16.6. The number of hydrogen-bond donors (Lipinski definition) is 0. The van der Waals surface area contributed by atoms with Gasteiger partial charge in [0.25, 0.3) is 0 Å². The Hall–Kier alpha value is -1.78. The van der Waals surface area contributed by atoms with Crippen molar-refractivity contribution in [2.45, 2.75) is 52.1 Å². The fourth-order valence-corrected chi connectivity index (χ4v) is 3.20. The Bertz CT molecular complexity index is 574. The van der Waals surface area contributed by atoms with E-state index in [1.165, 1.54) is 18.4 Å². The van der Waals surface area contributed by atoms with E-state index in [0.717, 1.165) is 37.4 Å². The number of aromatic nitrogens is 1. The van der Waals surface area contributed by atoms with E-state index in [9.17, 15) is 4.79 Å². The van der Waals surface area contributed by atoms with Crippen molar-refractivity contribution in [2.75, 3.05) is 31.1 Å². The van der Waals surface area contributed by atoms with Crippen LogP contribution in [0.1, 0.15) is 44.9 Å². The lowest BCUT2D eigenvalue weighted by atomic mass is 10.1. The molecule has 23 heavy (non-hydrogen) atoms. The lowest BCUT2D eigenvalue weighted by Gasteiger charge is -2.26. The standard InChI is InChI=1S/C18H27N3O2/c1-18(2,3)23-17(22)21-12-8-14-6-7-16(19-15(14)9-13-21)20-10-4-5-11-20/h6-7H,4-5,8-13H2,1-3H3. The Morgan fingerprint density at radius 2 is 1.78 bits per heavy atom. The molecule has 1 aromatic rings. The van der Waals surface area contributed by atoms with Crippen LogP contribution < -0.4 is 4.90 Å². The highest BCUT2D eigenvalue weighted by Crippen LogP contribution is 2.23. The van der Waals surface area contributed by atoms with Gasteiger partial charge in [-0.1, -0.05) is 6.07 Å². The number of fused-ring (bicyclic) bond motifs is 1. The molecule has 0 aliphatic carbocycles. The van der Waals surface area contributed by atoms with Crippen molar-refractivity contribution in [3.63, 3.8) is 0 Å². The van der Waals surface area contributed by atoms with Crippen LogP contribution in [0.25, 0.3) is 0 Å². The Balaban J connectivity index is 1.69. The van der Waals surface area contributed by atoms with Gasteiger partial charge in [0.2, 0.25) is 0 Å². The number of hydrogen-bond acceptors (Lipinski definition) is 4. The number of carbonyl (C=O) groups is 1. The maximum Gasteiger partial charge on any atom is 0.410 e. The summed E-state index contributed by atoms with van der Waals surface area (Å²) in [6.07, 6.45) is 3.94. The van der Waals surface area contributed by atoms with Crippen LogP contribution in [0.4, 0.5) is 10.6 Å². The van der Waals surface area contributed by atoms with Crippen molar-refractivity contribution in [1.82, 2.24) is 9.88 Å². The summed E-state index contributed by atoms with van der Waals surface area (Å²) in [6.45, 7) is 9.31. The first-order valence-electron chi connectivity index (χ1n) is 8.64. The molecule has 1 fully saturated rings. The summed E-state index contributed by atoms with van der Waals surface area (Å²) in [6, 6.07) is 4.32. The fourth-order valence-electron chi connectivity index (χ4n) is 3.20. The summed E-state index contributed by atoms with van der Waals surface area (Å²) >= 11 is 0. The van der Waals surface area contributed by atoms with Crippen LogP contribution in [0.5, 0.6) is 0 Å². The number of ether oxygens (including phenoxy) is 1. The predicted molar refractivity (Wildman–Crippen MR) is 90.9 cm³/mol. The first-order chi connectivity index (χ1) is 10.9. The van der Waals surface area contributed by atoms with Gasteiger partial charge in [0, 0.05) is 38.3 Å². The molecule has 3 heterocycles. The third-order valence-corrected chi connectivity index (χ3v) is 4.41. The molecule has 1 aromatic heterocycles. The minimum Gasteiger partial charge on any atom is -0.444 e. The molecular formula is C18H27N3O2. The van der Waals surface area contributed by atoms with Crippen LogP contribution in [0, 0.1) is 0 Å². The Morgan fingerprint density at radius 1 is 1.09 bits per heavy atom. The maximum atomic E-state index is 12.3. The van der Waals surface area contributed by atoms with Gasteiger partial charge in [0.05, 0.1) is 0 Å². The van der Waals surface area contributed by atoms with Gasteiger partial charge in [0.15, 0.2) is 0 Å². The van der Waals surface area contributed by atoms with E-state index in [4.69, 9.17) is 9.72 Å². The molecule has 0 radical (unpaired) electrons. The molecule has 0 aromatic carbocycles. The lowest BCUT2D eigenvalue weighted by molar-refractivity contribution is 0.0258. The van der Waals surface area contributed by atoms with Gasteiger partial charge in [-0.05, 0) is 51.7 Å². The van der Waals surface area contributed by atoms with Crippen LogP contribution in [0.3, 0.4) is 0 Å². The predicted octanol–water partition coefficient (Wildman–Crippen LogP) is 3.02. The molecule has 2 aliphatic rings. The molecule has 3 rings (SSSR count). The zero-order valence-corrected chi connectivity index (χ0v) is 14.5.